The molecule has 3 rings (SSSR count). The van der Waals surface area contributed by atoms with Crippen molar-refractivity contribution < 1.29 is 18.1 Å². The van der Waals surface area contributed by atoms with Crippen LogP contribution in [0.25, 0.3) is 11.5 Å². The Morgan fingerprint density at radius 3 is 2.26 bits per heavy atom. The van der Waals surface area contributed by atoms with Gasteiger partial charge in [0, 0.05) is 11.1 Å². The summed E-state index contributed by atoms with van der Waals surface area (Å²) >= 11 is 0. The molecule has 1 N–H and O–H groups in total. The van der Waals surface area contributed by atoms with Crippen LogP contribution in [0.5, 0.6) is 0 Å². The molecule has 7 heteroatoms. The molecule has 2 aromatic carbocycles. The highest BCUT2D eigenvalue weighted by molar-refractivity contribution is 5.94. The zero-order valence-electron chi connectivity index (χ0n) is 11.8. The van der Waals surface area contributed by atoms with E-state index in [1.807, 2.05) is 0 Å². The van der Waals surface area contributed by atoms with E-state index in [2.05, 4.69) is 15.5 Å². The number of carbonyl (C=O) groups is 1. The minimum absolute atomic E-state index is 0.0565. The van der Waals surface area contributed by atoms with Gasteiger partial charge in [-0.3, -0.25) is 4.79 Å². The predicted octanol–water partition coefficient (Wildman–Crippen LogP) is 2.94. The van der Waals surface area contributed by atoms with Crippen LogP contribution in [0, 0.1) is 11.6 Å². The Balaban J connectivity index is 1.64. The average molecular weight is 315 g/mol. The lowest BCUT2D eigenvalue weighted by atomic mass is 10.2. The molecule has 0 atom stereocenters. The highest BCUT2D eigenvalue weighted by atomic mass is 19.1. The van der Waals surface area contributed by atoms with E-state index in [9.17, 15) is 13.6 Å². The number of amides is 1. The summed E-state index contributed by atoms with van der Waals surface area (Å²) in [5.41, 5.74) is 0.906. The smallest absolute Gasteiger partial charge is 0.257 e. The Labute approximate surface area is 130 Å². The lowest BCUT2D eigenvalue weighted by Gasteiger charge is -2.01. The van der Waals surface area contributed by atoms with Crippen LogP contribution in [-0.4, -0.2) is 16.0 Å². The van der Waals surface area contributed by atoms with Crippen molar-refractivity contribution in [2.75, 3.05) is 0 Å². The third-order valence-corrected chi connectivity index (χ3v) is 3.07. The van der Waals surface area contributed by atoms with E-state index in [0.29, 0.717) is 11.1 Å². The molecule has 0 spiro atoms. The second-order valence-electron chi connectivity index (χ2n) is 4.71. The van der Waals surface area contributed by atoms with Gasteiger partial charge in [-0.1, -0.05) is 5.16 Å². The molecule has 5 nitrogen and oxygen atoms in total. The molecule has 0 fully saturated rings. The summed E-state index contributed by atoms with van der Waals surface area (Å²) < 4.78 is 30.7. The molecule has 0 radical (unpaired) electrons. The van der Waals surface area contributed by atoms with Crippen LogP contribution in [0.3, 0.4) is 0 Å². The van der Waals surface area contributed by atoms with Gasteiger partial charge in [-0.25, -0.2) is 8.78 Å². The number of hydrogen-bond acceptors (Lipinski definition) is 4. The van der Waals surface area contributed by atoms with Crippen molar-refractivity contribution in [2.45, 2.75) is 6.54 Å². The third kappa shape index (κ3) is 3.57. The summed E-state index contributed by atoms with van der Waals surface area (Å²) in [5, 5.41) is 6.34. The lowest BCUT2D eigenvalue weighted by Crippen LogP contribution is -2.23. The Morgan fingerprint density at radius 2 is 1.61 bits per heavy atom. The van der Waals surface area contributed by atoms with Crippen molar-refractivity contribution in [1.82, 2.24) is 15.5 Å². The molecule has 0 aliphatic rings. The summed E-state index contributed by atoms with van der Waals surface area (Å²) in [6.45, 7) is 0.0565. The maximum absolute atomic E-state index is 12.9. The summed E-state index contributed by atoms with van der Waals surface area (Å²) in [6.07, 6.45) is 0. The SMILES string of the molecule is O=C(NCc1noc(-c2ccc(F)cc2)n1)c1ccc(F)cc1. The highest BCUT2D eigenvalue weighted by Gasteiger charge is 2.11. The van der Waals surface area contributed by atoms with Gasteiger partial charge in [0.1, 0.15) is 11.6 Å². The van der Waals surface area contributed by atoms with Crippen LogP contribution < -0.4 is 5.32 Å². The fraction of sp³-hybridized carbons (Fsp3) is 0.0625. The number of carbonyl (C=O) groups excluding carboxylic acids is 1. The molecule has 1 aromatic heterocycles. The van der Waals surface area contributed by atoms with Crippen LogP contribution in [0.2, 0.25) is 0 Å². The molecule has 0 saturated heterocycles. The molecule has 1 amide bonds. The maximum atomic E-state index is 12.9. The van der Waals surface area contributed by atoms with E-state index in [0.717, 1.165) is 0 Å². The van der Waals surface area contributed by atoms with Crippen molar-refractivity contribution in [3.05, 3.63) is 71.6 Å². The molecular weight excluding hydrogens is 304 g/mol. The van der Waals surface area contributed by atoms with Gasteiger partial charge in [0.15, 0.2) is 5.82 Å². The normalized spacial score (nSPS) is 10.5. The number of nitrogens with one attached hydrogen (secondary N) is 1. The highest BCUT2D eigenvalue weighted by Crippen LogP contribution is 2.17. The average Bonchev–Trinajstić information content (AvgIpc) is 3.03. The van der Waals surface area contributed by atoms with Crippen molar-refractivity contribution in [2.24, 2.45) is 0 Å². The Hall–Kier alpha value is -3.09. The zero-order valence-corrected chi connectivity index (χ0v) is 11.8. The fourth-order valence-electron chi connectivity index (χ4n) is 1.90. The quantitative estimate of drug-likeness (QED) is 0.804. The summed E-state index contributed by atoms with van der Waals surface area (Å²) in [5.74, 6) is -0.641. The molecule has 23 heavy (non-hydrogen) atoms. The van der Waals surface area contributed by atoms with E-state index in [4.69, 9.17) is 4.52 Å². The first-order chi connectivity index (χ1) is 11.1. The van der Waals surface area contributed by atoms with Crippen LogP contribution in [-0.2, 0) is 6.54 Å². The van der Waals surface area contributed by atoms with Crippen molar-refractivity contribution in [1.29, 1.82) is 0 Å². The Kier molecular flexibility index (Phi) is 4.09. The summed E-state index contributed by atoms with van der Waals surface area (Å²) in [6, 6.07) is 10.8. The maximum Gasteiger partial charge on any atom is 0.257 e. The van der Waals surface area contributed by atoms with Crippen LogP contribution in [0.15, 0.2) is 53.1 Å². The van der Waals surface area contributed by atoms with Gasteiger partial charge in [0.05, 0.1) is 6.54 Å². The van der Waals surface area contributed by atoms with Crippen LogP contribution >= 0.6 is 0 Å². The molecule has 0 aliphatic heterocycles. The van der Waals surface area contributed by atoms with Crippen LogP contribution in [0.1, 0.15) is 16.2 Å². The first kappa shape index (κ1) is 14.8. The number of halogens is 2. The minimum Gasteiger partial charge on any atom is -0.345 e. The van der Waals surface area contributed by atoms with E-state index in [-0.39, 0.29) is 30.0 Å². The first-order valence-corrected chi connectivity index (χ1v) is 6.74. The minimum atomic E-state index is -0.413. The van der Waals surface area contributed by atoms with Gasteiger partial charge in [-0.2, -0.15) is 4.98 Å². The molecular formula is C16H11F2N3O2. The Morgan fingerprint density at radius 1 is 1.00 bits per heavy atom. The zero-order chi connectivity index (χ0) is 16.2. The van der Waals surface area contributed by atoms with E-state index < -0.39 is 5.82 Å². The number of benzene rings is 2. The lowest BCUT2D eigenvalue weighted by molar-refractivity contribution is 0.0949. The van der Waals surface area contributed by atoms with Gasteiger partial charge in [0.25, 0.3) is 11.8 Å². The van der Waals surface area contributed by atoms with Gasteiger partial charge in [0.2, 0.25) is 0 Å². The standard InChI is InChI=1S/C16H11F2N3O2/c17-12-5-1-10(2-6-12)15(22)19-9-14-20-16(23-21-14)11-3-7-13(18)8-4-11/h1-8H,9H2,(H,19,22). The van der Waals surface area contributed by atoms with E-state index >= 15 is 0 Å². The molecule has 3 aromatic rings. The van der Waals surface area contributed by atoms with Crippen molar-refractivity contribution in [3.8, 4) is 11.5 Å². The number of rotatable bonds is 4. The van der Waals surface area contributed by atoms with Crippen molar-refractivity contribution in [3.63, 3.8) is 0 Å². The summed E-state index contributed by atoms with van der Waals surface area (Å²) in [4.78, 5) is 16.0. The van der Waals surface area contributed by atoms with Crippen molar-refractivity contribution >= 4 is 5.91 Å². The van der Waals surface area contributed by atoms with Crippen LogP contribution in [0.4, 0.5) is 8.78 Å². The third-order valence-electron chi connectivity index (χ3n) is 3.07. The fourth-order valence-corrected chi connectivity index (χ4v) is 1.90. The van der Waals surface area contributed by atoms with E-state index in [1.54, 1.807) is 0 Å². The number of hydrogen-bond donors (Lipinski definition) is 1. The topological polar surface area (TPSA) is 68.0 Å². The molecule has 0 aliphatic carbocycles. The largest absolute Gasteiger partial charge is 0.345 e. The monoisotopic (exact) mass is 315 g/mol. The van der Waals surface area contributed by atoms with Gasteiger partial charge >= 0.3 is 0 Å². The second kappa shape index (κ2) is 6.35. The van der Waals surface area contributed by atoms with Gasteiger partial charge < -0.3 is 9.84 Å². The predicted molar refractivity (Wildman–Crippen MR) is 77.3 cm³/mol. The number of aromatic nitrogens is 2. The molecule has 116 valence electrons. The first-order valence-electron chi connectivity index (χ1n) is 6.74. The molecule has 0 unspecified atom stereocenters. The van der Waals surface area contributed by atoms with Gasteiger partial charge in [-0.15, -0.1) is 0 Å². The molecule has 0 saturated carbocycles. The van der Waals surface area contributed by atoms with Gasteiger partial charge in [-0.05, 0) is 48.5 Å². The number of nitrogens with zero attached hydrogens (tertiary/aromatic N) is 2. The molecule has 1 heterocycles. The Bertz CT molecular complexity index is 814. The summed E-state index contributed by atoms with van der Waals surface area (Å²) in [7, 11) is 0. The second-order valence-corrected chi connectivity index (χ2v) is 4.71. The molecule has 0 bridgehead atoms. The van der Waals surface area contributed by atoms with E-state index in [1.165, 1.54) is 48.5 Å².